The summed E-state index contributed by atoms with van der Waals surface area (Å²) < 4.78 is 0. The third-order valence-electron chi connectivity index (χ3n) is 3.07. The first-order valence-corrected chi connectivity index (χ1v) is 6.05. The molecular weight excluding hydrogens is 256 g/mol. The lowest BCUT2D eigenvalue weighted by Gasteiger charge is -2.09. The van der Waals surface area contributed by atoms with Crippen molar-refractivity contribution in [1.82, 2.24) is 4.98 Å². The van der Waals surface area contributed by atoms with E-state index >= 15 is 0 Å². The molecule has 0 saturated heterocycles. The molecule has 20 heavy (non-hydrogen) atoms. The van der Waals surface area contributed by atoms with E-state index in [1.807, 2.05) is 19.9 Å². The van der Waals surface area contributed by atoms with Gasteiger partial charge in [-0.05, 0) is 43.2 Å². The fraction of sp³-hybridized carbons (Fsp3) is 0.133. The molecule has 5 heteroatoms. The van der Waals surface area contributed by atoms with Gasteiger partial charge < -0.3 is 10.4 Å². The summed E-state index contributed by atoms with van der Waals surface area (Å²) in [5, 5.41) is 11.6. The number of aryl methyl sites for hydroxylation is 2. The molecule has 0 spiro atoms. The third kappa shape index (κ3) is 2.83. The maximum atomic E-state index is 12.1. The van der Waals surface area contributed by atoms with Crippen molar-refractivity contribution in [2.75, 3.05) is 5.32 Å². The second kappa shape index (κ2) is 5.52. The zero-order chi connectivity index (χ0) is 14.7. The van der Waals surface area contributed by atoms with Crippen molar-refractivity contribution in [3.05, 3.63) is 58.9 Å². The normalized spacial score (nSPS) is 10.1. The standard InChI is InChI=1S/C15H14N2O3/c1-9-3-4-11(7-10(9)2)14(18)17-13-8-16-6-5-12(13)15(19)20/h3-8H,1-2H3,(H,17,18)(H,19,20). The molecule has 0 aliphatic heterocycles. The topological polar surface area (TPSA) is 79.3 Å². The number of carbonyl (C=O) groups is 2. The van der Waals surface area contributed by atoms with E-state index in [2.05, 4.69) is 10.3 Å². The molecular formula is C15H14N2O3. The van der Waals surface area contributed by atoms with Crippen molar-refractivity contribution < 1.29 is 14.7 Å². The number of carboxylic acids is 1. The van der Waals surface area contributed by atoms with Gasteiger partial charge in [0.05, 0.1) is 17.4 Å². The van der Waals surface area contributed by atoms with Gasteiger partial charge in [-0.15, -0.1) is 0 Å². The van der Waals surface area contributed by atoms with Gasteiger partial charge in [0.15, 0.2) is 0 Å². The maximum Gasteiger partial charge on any atom is 0.337 e. The first kappa shape index (κ1) is 13.7. The number of carboxylic acid groups (broad SMARTS) is 1. The molecule has 0 aliphatic rings. The molecule has 5 nitrogen and oxygen atoms in total. The number of benzene rings is 1. The van der Waals surface area contributed by atoms with Gasteiger partial charge in [-0.2, -0.15) is 0 Å². The number of carbonyl (C=O) groups excluding carboxylic acids is 1. The molecule has 2 rings (SSSR count). The number of anilines is 1. The van der Waals surface area contributed by atoms with Crippen LogP contribution in [0.15, 0.2) is 36.7 Å². The zero-order valence-electron chi connectivity index (χ0n) is 11.2. The highest BCUT2D eigenvalue weighted by molar-refractivity contribution is 6.07. The number of pyridine rings is 1. The number of hydrogen-bond acceptors (Lipinski definition) is 3. The lowest BCUT2D eigenvalue weighted by molar-refractivity contribution is 0.0698. The smallest absolute Gasteiger partial charge is 0.337 e. The minimum absolute atomic E-state index is 0.0113. The van der Waals surface area contributed by atoms with Crippen LogP contribution in [0.3, 0.4) is 0 Å². The molecule has 0 saturated carbocycles. The summed E-state index contributed by atoms with van der Waals surface area (Å²) in [4.78, 5) is 27.0. The van der Waals surface area contributed by atoms with Gasteiger partial charge in [0.25, 0.3) is 5.91 Å². The van der Waals surface area contributed by atoms with Crippen LogP contribution < -0.4 is 5.32 Å². The van der Waals surface area contributed by atoms with Crippen molar-refractivity contribution >= 4 is 17.6 Å². The van der Waals surface area contributed by atoms with Crippen molar-refractivity contribution in [2.45, 2.75) is 13.8 Å². The molecule has 1 aromatic carbocycles. The molecule has 102 valence electrons. The Balaban J connectivity index is 2.28. The molecule has 1 amide bonds. The fourth-order valence-corrected chi connectivity index (χ4v) is 1.76. The summed E-state index contributed by atoms with van der Waals surface area (Å²) in [5.74, 6) is -1.47. The summed E-state index contributed by atoms with van der Waals surface area (Å²) >= 11 is 0. The van der Waals surface area contributed by atoms with Gasteiger partial charge in [0.2, 0.25) is 0 Å². The number of rotatable bonds is 3. The second-order valence-electron chi connectivity index (χ2n) is 4.48. The monoisotopic (exact) mass is 270 g/mol. The van der Waals surface area contributed by atoms with Gasteiger partial charge in [-0.3, -0.25) is 9.78 Å². The molecule has 0 atom stereocenters. The minimum atomic E-state index is -1.11. The average Bonchev–Trinajstić information content (AvgIpc) is 2.42. The molecule has 0 fully saturated rings. The summed E-state index contributed by atoms with van der Waals surface area (Å²) in [7, 11) is 0. The van der Waals surface area contributed by atoms with E-state index in [9.17, 15) is 9.59 Å². The molecule has 0 radical (unpaired) electrons. The van der Waals surface area contributed by atoms with E-state index in [0.717, 1.165) is 11.1 Å². The fourth-order valence-electron chi connectivity index (χ4n) is 1.76. The van der Waals surface area contributed by atoms with Gasteiger partial charge in [0, 0.05) is 11.8 Å². The molecule has 2 N–H and O–H groups in total. The highest BCUT2D eigenvalue weighted by Crippen LogP contribution is 2.16. The van der Waals surface area contributed by atoms with Crippen LogP contribution in [0.4, 0.5) is 5.69 Å². The molecule has 0 unspecified atom stereocenters. The van der Waals surface area contributed by atoms with Crippen LogP contribution in [0.2, 0.25) is 0 Å². The second-order valence-corrected chi connectivity index (χ2v) is 4.48. The van der Waals surface area contributed by atoms with Gasteiger partial charge >= 0.3 is 5.97 Å². The molecule has 1 aromatic heterocycles. The Hall–Kier alpha value is -2.69. The van der Waals surface area contributed by atoms with Crippen LogP contribution in [0.1, 0.15) is 31.8 Å². The predicted molar refractivity (Wildman–Crippen MR) is 75.1 cm³/mol. The summed E-state index contributed by atoms with van der Waals surface area (Å²) in [6, 6.07) is 6.67. The first-order valence-electron chi connectivity index (χ1n) is 6.05. The van der Waals surface area contributed by atoms with E-state index in [4.69, 9.17) is 5.11 Å². The van der Waals surface area contributed by atoms with Crippen molar-refractivity contribution in [1.29, 1.82) is 0 Å². The molecule has 0 aliphatic carbocycles. The van der Waals surface area contributed by atoms with Crippen LogP contribution in [0.25, 0.3) is 0 Å². The third-order valence-corrected chi connectivity index (χ3v) is 3.07. The molecule has 1 heterocycles. The quantitative estimate of drug-likeness (QED) is 0.898. The molecule has 0 bridgehead atoms. The zero-order valence-corrected chi connectivity index (χ0v) is 11.2. The number of nitrogens with one attached hydrogen (secondary N) is 1. The summed E-state index contributed by atoms with van der Waals surface area (Å²) in [6.07, 6.45) is 2.69. The number of aromatic nitrogens is 1. The minimum Gasteiger partial charge on any atom is -0.478 e. The first-order chi connectivity index (χ1) is 9.49. The van der Waals surface area contributed by atoms with E-state index in [1.165, 1.54) is 18.5 Å². The van der Waals surface area contributed by atoms with Gasteiger partial charge in [0.1, 0.15) is 0 Å². The number of hydrogen-bond donors (Lipinski definition) is 2. The van der Waals surface area contributed by atoms with Crippen molar-refractivity contribution in [3.8, 4) is 0 Å². The van der Waals surface area contributed by atoms with Crippen LogP contribution in [-0.4, -0.2) is 22.0 Å². The Bertz CT molecular complexity index is 681. The van der Waals surface area contributed by atoms with E-state index in [1.54, 1.807) is 12.1 Å². The van der Waals surface area contributed by atoms with Crippen molar-refractivity contribution in [2.24, 2.45) is 0 Å². The summed E-state index contributed by atoms with van der Waals surface area (Å²) in [5.41, 5.74) is 2.77. The van der Waals surface area contributed by atoms with E-state index < -0.39 is 5.97 Å². The highest BCUT2D eigenvalue weighted by Gasteiger charge is 2.13. The van der Waals surface area contributed by atoms with Crippen LogP contribution >= 0.6 is 0 Å². The predicted octanol–water partition coefficient (Wildman–Crippen LogP) is 2.65. The largest absolute Gasteiger partial charge is 0.478 e. The van der Waals surface area contributed by atoms with Gasteiger partial charge in [-0.1, -0.05) is 6.07 Å². The summed E-state index contributed by atoms with van der Waals surface area (Å²) in [6.45, 7) is 3.87. The molecule has 2 aromatic rings. The number of nitrogens with zero attached hydrogens (tertiary/aromatic N) is 1. The number of amides is 1. The van der Waals surface area contributed by atoms with Crippen LogP contribution in [0.5, 0.6) is 0 Å². The van der Waals surface area contributed by atoms with Gasteiger partial charge in [-0.25, -0.2) is 4.79 Å². The van der Waals surface area contributed by atoms with E-state index in [0.29, 0.717) is 5.56 Å². The SMILES string of the molecule is Cc1ccc(C(=O)Nc2cnccc2C(=O)O)cc1C. The maximum absolute atomic E-state index is 12.1. The Morgan fingerprint density at radius 3 is 2.55 bits per heavy atom. The average molecular weight is 270 g/mol. The van der Waals surface area contributed by atoms with E-state index in [-0.39, 0.29) is 17.2 Å². The van der Waals surface area contributed by atoms with Crippen LogP contribution in [0, 0.1) is 13.8 Å². The van der Waals surface area contributed by atoms with Crippen LogP contribution in [-0.2, 0) is 0 Å². The Morgan fingerprint density at radius 2 is 1.90 bits per heavy atom. The Morgan fingerprint density at radius 1 is 1.15 bits per heavy atom. The lowest BCUT2D eigenvalue weighted by Crippen LogP contribution is -2.15. The van der Waals surface area contributed by atoms with Crippen molar-refractivity contribution in [3.63, 3.8) is 0 Å². The Kier molecular flexibility index (Phi) is 3.79. The Labute approximate surface area is 116 Å². The number of aromatic carboxylic acids is 1. The highest BCUT2D eigenvalue weighted by atomic mass is 16.4. The lowest BCUT2D eigenvalue weighted by atomic mass is 10.1.